The number of carboxylic acid groups (broad SMARTS) is 1. The fourth-order valence-corrected chi connectivity index (χ4v) is 2.31. The summed E-state index contributed by atoms with van der Waals surface area (Å²) in [5.41, 5.74) is 2.34. The van der Waals surface area contributed by atoms with Gasteiger partial charge >= 0.3 is 5.97 Å². The molecule has 0 saturated carbocycles. The minimum Gasteiger partial charge on any atom is -0.480 e. The summed E-state index contributed by atoms with van der Waals surface area (Å²) in [6, 6.07) is 7.64. The summed E-state index contributed by atoms with van der Waals surface area (Å²) >= 11 is 0. The molecule has 4 heteroatoms. The van der Waals surface area contributed by atoms with Crippen molar-refractivity contribution in [3.8, 4) is 0 Å². The molecular weight excluding hydrogens is 230 g/mol. The predicted octanol–water partition coefficient (Wildman–Crippen LogP) is 1.84. The van der Waals surface area contributed by atoms with Gasteiger partial charge in [0.2, 0.25) is 0 Å². The predicted molar refractivity (Wildman–Crippen MR) is 68.5 cm³/mol. The highest BCUT2D eigenvalue weighted by Crippen LogP contribution is 2.25. The number of ether oxygens (including phenoxy) is 1. The number of aliphatic carboxylic acids is 1. The maximum atomic E-state index is 11.0. The lowest BCUT2D eigenvalue weighted by atomic mass is 10.0. The van der Waals surface area contributed by atoms with E-state index >= 15 is 0 Å². The SMILES string of the molecule is Cc1ccccc1C1CN(C(C)C(=O)O)CCO1. The smallest absolute Gasteiger partial charge is 0.320 e. The summed E-state index contributed by atoms with van der Waals surface area (Å²) in [4.78, 5) is 13.0. The van der Waals surface area contributed by atoms with Crippen LogP contribution in [-0.4, -0.2) is 41.7 Å². The third-order valence-corrected chi connectivity index (χ3v) is 3.54. The average Bonchev–Trinajstić information content (AvgIpc) is 2.38. The lowest BCUT2D eigenvalue weighted by molar-refractivity contribution is -0.145. The van der Waals surface area contributed by atoms with Crippen LogP contribution in [0.25, 0.3) is 0 Å². The normalized spacial score (nSPS) is 22.7. The van der Waals surface area contributed by atoms with Crippen LogP contribution in [0.1, 0.15) is 24.2 Å². The van der Waals surface area contributed by atoms with Crippen LogP contribution in [-0.2, 0) is 9.53 Å². The second-order valence-electron chi connectivity index (χ2n) is 4.73. The van der Waals surface area contributed by atoms with Crippen LogP contribution in [0.15, 0.2) is 24.3 Å². The first-order valence-corrected chi connectivity index (χ1v) is 6.23. The van der Waals surface area contributed by atoms with Crippen LogP contribution < -0.4 is 0 Å². The minimum absolute atomic E-state index is 0.0262. The summed E-state index contributed by atoms with van der Waals surface area (Å²) in [6.45, 7) is 5.67. The molecule has 4 nitrogen and oxygen atoms in total. The van der Waals surface area contributed by atoms with E-state index in [1.807, 2.05) is 17.0 Å². The topological polar surface area (TPSA) is 49.8 Å². The highest BCUT2D eigenvalue weighted by atomic mass is 16.5. The van der Waals surface area contributed by atoms with Gasteiger partial charge in [-0.3, -0.25) is 9.69 Å². The van der Waals surface area contributed by atoms with E-state index < -0.39 is 12.0 Å². The maximum absolute atomic E-state index is 11.0. The Morgan fingerprint density at radius 2 is 2.22 bits per heavy atom. The van der Waals surface area contributed by atoms with Crippen LogP contribution in [0.3, 0.4) is 0 Å². The van der Waals surface area contributed by atoms with Gasteiger partial charge in [0, 0.05) is 13.1 Å². The Hall–Kier alpha value is -1.39. The van der Waals surface area contributed by atoms with Crippen molar-refractivity contribution in [1.29, 1.82) is 0 Å². The standard InChI is InChI=1S/C14H19NO3/c1-10-5-3-4-6-12(10)13-9-15(7-8-18-13)11(2)14(16)17/h3-6,11,13H,7-9H2,1-2H3,(H,16,17). The number of rotatable bonds is 3. The molecule has 1 aromatic rings. The van der Waals surface area contributed by atoms with Crippen LogP contribution >= 0.6 is 0 Å². The zero-order valence-electron chi connectivity index (χ0n) is 10.8. The van der Waals surface area contributed by atoms with Gasteiger partial charge in [-0.1, -0.05) is 24.3 Å². The van der Waals surface area contributed by atoms with Gasteiger partial charge in [-0.2, -0.15) is 0 Å². The molecule has 1 N–H and O–H groups in total. The molecule has 2 unspecified atom stereocenters. The number of aryl methyl sites for hydroxylation is 1. The quantitative estimate of drug-likeness (QED) is 0.888. The Kier molecular flexibility index (Phi) is 3.99. The molecule has 1 aliphatic heterocycles. The molecule has 1 saturated heterocycles. The fourth-order valence-electron chi connectivity index (χ4n) is 2.31. The number of morpholine rings is 1. The molecule has 98 valence electrons. The number of carbonyl (C=O) groups is 1. The molecule has 1 heterocycles. The highest BCUT2D eigenvalue weighted by Gasteiger charge is 2.28. The maximum Gasteiger partial charge on any atom is 0.320 e. The summed E-state index contributed by atoms with van der Waals surface area (Å²) in [6.07, 6.45) is -0.0262. The molecule has 2 atom stereocenters. The van der Waals surface area contributed by atoms with Crippen molar-refractivity contribution in [2.45, 2.75) is 26.0 Å². The number of nitrogens with zero attached hydrogens (tertiary/aromatic N) is 1. The van der Waals surface area contributed by atoms with Gasteiger partial charge in [0.15, 0.2) is 0 Å². The molecule has 0 spiro atoms. The van der Waals surface area contributed by atoms with Gasteiger partial charge < -0.3 is 9.84 Å². The first-order chi connectivity index (χ1) is 8.59. The highest BCUT2D eigenvalue weighted by molar-refractivity contribution is 5.72. The summed E-state index contributed by atoms with van der Waals surface area (Å²) in [7, 11) is 0. The van der Waals surface area contributed by atoms with Crippen molar-refractivity contribution in [2.75, 3.05) is 19.7 Å². The van der Waals surface area contributed by atoms with E-state index in [9.17, 15) is 4.79 Å². The monoisotopic (exact) mass is 249 g/mol. The third kappa shape index (κ3) is 2.71. The van der Waals surface area contributed by atoms with Crippen molar-refractivity contribution >= 4 is 5.97 Å². The van der Waals surface area contributed by atoms with Crippen LogP contribution in [0.2, 0.25) is 0 Å². The Morgan fingerprint density at radius 1 is 1.50 bits per heavy atom. The van der Waals surface area contributed by atoms with Crippen LogP contribution in [0.4, 0.5) is 0 Å². The molecule has 0 bridgehead atoms. The number of carboxylic acids is 1. The number of hydrogen-bond acceptors (Lipinski definition) is 3. The Labute approximate surface area is 107 Å². The Morgan fingerprint density at radius 3 is 2.89 bits per heavy atom. The van der Waals surface area contributed by atoms with Crippen LogP contribution in [0, 0.1) is 6.92 Å². The number of benzene rings is 1. The molecule has 0 radical (unpaired) electrons. The first-order valence-electron chi connectivity index (χ1n) is 6.23. The van der Waals surface area contributed by atoms with Gasteiger partial charge in [-0.05, 0) is 25.0 Å². The molecule has 0 aromatic heterocycles. The van der Waals surface area contributed by atoms with Gasteiger partial charge in [0.25, 0.3) is 0 Å². The van der Waals surface area contributed by atoms with Crippen molar-refractivity contribution in [1.82, 2.24) is 4.90 Å². The van der Waals surface area contributed by atoms with E-state index in [0.29, 0.717) is 19.7 Å². The second kappa shape index (κ2) is 5.50. The van der Waals surface area contributed by atoms with E-state index in [1.54, 1.807) is 6.92 Å². The molecule has 1 aliphatic rings. The number of hydrogen-bond donors (Lipinski definition) is 1. The van der Waals surface area contributed by atoms with Gasteiger partial charge in [-0.15, -0.1) is 0 Å². The van der Waals surface area contributed by atoms with E-state index in [0.717, 1.165) is 5.56 Å². The third-order valence-electron chi connectivity index (χ3n) is 3.54. The van der Waals surface area contributed by atoms with Gasteiger partial charge in [-0.25, -0.2) is 0 Å². The van der Waals surface area contributed by atoms with Crippen molar-refractivity contribution in [3.05, 3.63) is 35.4 Å². The molecule has 0 aliphatic carbocycles. The van der Waals surface area contributed by atoms with Crippen LogP contribution in [0.5, 0.6) is 0 Å². The second-order valence-corrected chi connectivity index (χ2v) is 4.73. The van der Waals surface area contributed by atoms with E-state index in [1.165, 1.54) is 5.56 Å². The van der Waals surface area contributed by atoms with E-state index in [2.05, 4.69) is 19.1 Å². The Bertz CT molecular complexity index is 433. The van der Waals surface area contributed by atoms with Crippen molar-refractivity contribution in [3.63, 3.8) is 0 Å². The lowest BCUT2D eigenvalue weighted by Crippen LogP contribution is -2.46. The zero-order chi connectivity index (χ0) is 13.1. The lowest BCUT2D eigenvalue weighted by Gasteiger charge is -2.35. The van der Waals surface area contributed by atoms with Crippen molar-refractivity contribution < 1.29 is 14.6 Å². The minimum atomic E-state index is -0.777. The van der Waals surface area contributed by atoms with Gasteiger partial charge in [0.1, 0.15) is 6.04 Å². The Balaban J connectivity index is 2.12. The molecule has 1 aromatic carbocycles. The largest absolute Gasteiger partial charge is 0.480 e. The average molecular weight is 249 g/mol. The molecule has 18 heavy (non-hydrogen) atoms. The van der Waals surface area contributed by atoms with E-state index in [4.69, 9.17) is 9.84 Å². The summed E-state index contributed by atoms with van der Waals surface area (Å²) in [5, 5.41) is 9.06. The first kappa shape index (κ1) is 13.1. The van der Waals surface area contributed by atoms with Crippen molar-refractivity contribution in [2.24, 2.45) is 0 Å². The summed E-state index contributed by atoms with van der Waals surface area (Å²) in [5.74, 6) is -0.777. The van der Waals surface area contributed by atoms with Gasteiger partial charge in [0.05, 0.1) is 12.7 Å². The molecular formula is C14H19NO3. The zero-order valence-corrected chi connectivity index (χ0v) is 10.8. The molecule has 0 amide bonds. The summed E-state index contributed by atoms with van der Waals surface area (Å²) < 4.78 is 5.77. The van der Waals surface area contributed by atoms with E-state index in [-0.39, 0.29) is 6.10 Å². The molecule has 2 rings (SSSR count). The fraction of sp³-hybridized carbons (Fsp3) is 0.500. The molecule has 1 fully saturated rings.